The molecular weight excluding hydrogens is 243 g/mol. The van der Waals surface area contributed by atoms with E-state index in [9.17, 15) is 0 Å². The minimum atomic E-state index is 0. The van der Waals surface area contributed by atoms with Gasteiger partial charge in [0.05, 0.1) is 0 Å². The summed E-state index contributed by atoms with van der Waals surface area (Å²) in [6.07, 6.45) is 0. The Balaban J connectivity index is 0. The molecule has 0 N–H and O–H groups in total. The van der Waals surface area contributed by atoms with Crippen molar-refractivity contribution in [3.8, 4) is 0 Å². The Morgan fingerprint density at radius 3 is 1.00 bits per heavy atom. The molecule has 0 atom stereocenters. The van der Waals surface area contributed by atoms with E-state index in [4.69, 9.17) is 0 Å². The van der Waals surface area contributed by atoms with Gasteiger partial charge in [0.15, 0.2) is 17.4 Å². The summed E-state index contributed by atoms with van der Waals surface area (Å²) < 4.78 is 0. The zero-order valence-corrected chi connectivity index (χ0v) is 1.46. The number of hydrogen-bond acceptors (Lipinski definition) is 0. The Hall–Kier alpha value is 3.62. The van der Waals surface area contributed by atoms with Gasteiger partial charge in [-0.15, -0.1) is 0 Å². The van der Waals surface area contributed by atoms with E-state index in [0.29, 0.717) is 0 Å². The molecule has 0 nitrogen and oxygen atoms in total. The van der Waals surface area contributed by atoms with Crippen LogP contribution in [-0.4, -0.2) is 95.8 Å². The summed E-state index contributed by atoms with van der Waals surface area (Å²) in [7, 11) is 0. The van der Waals surface area contributed by atoms with Crippen LogP contribution in [0.5, 0.6) is 0 Å². The van der Waals surface area contributed by atoms with Crippen molar-refractivity contribution in [1.82, 2.24) is 0 Å². The molecule has 0 aromatic rings. The second-order valence-corrected chi connectivity index (χ2v) is 0. The molecule has 0 saturated carbocycles. The molecule has 0 aromatic carbocycles. The number of hydrogen-bond donors (Lipinski definition) is 0. The SMILES string of the molecule is [AlH3].[BaH2].[Fe].[NaH]. The van der Waals surface area contributed by atoms with E-state index in [1.54, 1.807) is 0 Å². The fraction of sp³-hybridized carbons (Fsp3) is 0. The van der Waals surface area contributed by atoms with Gasteiger partial charge in [0.2, 0.25) is 0 Å². The van der Waals surface area contributed by atoms with Crippen LogP contribution in [0, 0.1) is 0 Å². The van der Waals surface area contributed by atoms with Gasteiger partial charge in [-0.25, -0.2) is 0 Å². The molecular formula is H6AlBaFeNa. The third-order valence-corrected chi connectivity index (χ3v) is 0. The monoisotopic (exact) mass is 250 g/mol. The van der Waals surface area contributed by atoms with Crippen molar-refractivity contribution in [2.45, 2.75) is 0 Å². The first-order valence-electron chi connectivity index (χ1n) is 0. The van der Waals surface area contributed by atoms with E-state index in [2.05, 4.69) is 0 Å². The molecule has 0 heterocycles. The van der Waals surface area contributed by atoms with Crippen LogP contribution in [0.3, 0.4) is 0 Å². The Labute approximate surface area is 110 Å². The fourth-order valence-corrected chi connectivity index (χ4v) is 0. The predicted octanol–water partition coefficient (Wildman–Crippen LogP) is -2.75. The minimum absolute atomic E-state index is 0. The predicted molar refractivity (Wildman–Crippen MR) is 25.6 cm³/mol. The molecule has 4 heavy (non-hydrogen) atoms. The van der Waals surface area contributed by atoms with Gasteiger partial charge in [0.25, 0.3) is 0 Å². The van der Waals surface area contributed by atoms with Gasteiger partial charge in [0, 0.05) is 17.1 Å². The van der Waals surface area contributed by atoms with Crippen molar-refractivity contribution in [2.24, 2.45) is 0 Å². The molecule has 0 fully saturated rings. The molecule has 0 rings (SSSR count). The standard InChI is InChI=1S/Al.Ba.Fe.Na.6H. The van der Waals surface area contributed by atoms with E-state index in [1.807, 2.05) is 0 Å². The average Bonchev–Trinajstić information content (AvgIpc) is 0. The van der Waals surface area contributed by atoms with Crippen molar-refractivity contribution in [3.05, 3.63) is 0 Å². The van der Waals surface area contributed by atoms with Crippen LogP contribution in [0.4, 0.5) is 0 Å². The van der Waals surface area contributed by atoms with E-state index < -0.39 is 0 Å². The second kappa shape index (κ2) is 16.0. The van der Waals surface area contributed by atoms with Crippen LogP contribution >= 0.6 is 0 Å². The molecule has 4 heteroatoms. The van der Waals surface area contributed by atoms with Gasteiger partial charge < -0.3 is 0 Å². The summed E-state index contributed by atoms with van der Waals surface area (Å²) in [6.45, 7) is 0. The molecule has 0 saturated heterocycles. The van der Waals surface area contributed by atoms with Crippen LogP contribution in [0.15, 0.2) is 0 Å². The normalized spacial score (nSPS) is 0. The first-order valence-corrected chi connectivity index (χ1v) is 0. The van der Waals surface area contributed by atoms with E-state index in [0.717, 1.165) is 0 Å². The first kappa shape index (κ1) is 25.5. The Kier molecular flexibility index (Phi) is 102. The summed E-state index contributed by atoms with van der Waals surface area (Å²) in [5, 5.41) is 0. The molecule has 0 spiro atoms. The summed E-state index contributed by atoms with van der Waals surface area (Å²) >= 11 is 0. The van der Waals surface area contributed by atoms with Crippen molar-refractivity contribution in [1.29, 1.82) is 0 Å². The third-order valence-electron chi connectivity index (χ3n) is 0. The third kappa shape index (κ3) is 9.16. The quantitative estimate of drug-likeness (QED) is 0.408. The van der Waals surface area contributed by atoms with Crippen molar-refractivity contribution in [3.63, 3.8) is 0 Å². The molecule has 0 unspecified atom stereocenters. The Morgan fingerprint density at radius 2 is 1.00 bits per heavy atom. The topological polar surface area (TPSA) is 0 Å². The zero-order chi connectivity index (χ0) is 0. The first-order chi connectivity index (χ1) is 0. The maximum absolute atomic E-state index is 0. The molecule has 0 aliphatic heterocycles. The average molecular weight is 249 g/mol. The van der Waals surface area contributed by atoms with Gasteiger partial charge in [0.1, 0.15) is 0 Å². The van der Waals surface area contributed by atoms with Gasteiger partial charge in [-0.2, -0.15) is 0 Å². The molecule has 0 amide bonds. The van der Waals surface area contributed by atoms with Crippen LogP contribution in [0.25, 0.3) is 0 Å². The van der Waals surface area contributed by atoms with Crippen LogP contribution in [-0.2, 0) is 17.1 Å². The van der Waals surface area contributed by atoms with Gasteiger partial charge >= 0.3 is 78.4 Å². The van der Waals surface area contributed by atoms with Gasteiger partial charge in [-0.3, -0.25) is 0 Å². The van der Waals surface area contributed by atoms with Gasteiger partial charge in [-0.1, -0.05) is 0 Å². The zero-order valence-electron chi connectivity index (χ0n) is 0.354. The van der Waals surface area contributed by atoms with Crippen molar-refractivity contribution >= 4 is 95.8 Å². The van der Waals surface area contributed by atoms with E-state index >= 15 is 0 Å². The molecule has 0 aliphatic rings. The molecule has 0 aliphatic carbocycles. The molecule has 20 valence electrons. The molecule has 0 bridgehead atoms. The Morgan fingerprint density at radius 1 is 1.00 bits per heavy atom. The summed E-state index contributed by atoms with van der Waals surface area (Å²) in [5.74, 6) is 0. The Bertz CT molecular complexity index is 8.00. The van der Waals surface area contributed by atoms with Crippen LogP contribution < -0.4 is 0 Å². The van der Waals surface area contributed by atoms with Crippen molar-refractivity contribution < 1.29 is 17.1 Å². The van der Waals surface area contributed by atoms with Crippen molar-refractivity contribution in [2.75, 3.05) is 0 Å². The van der Waals surface area contributed by atoms with E-state index in [-0.39, 0.29) is 113 Å². The summed E-state index contributed by atoms with van der Waals surface area (Å²) in [6, 6.07) is 0. The summed E-state index contributed by atoms with van der Waals surface area (Å²) in [4.78, 5) is 0. The molecule has 0 radical (unpaired) electrons. The number of rotatable bonds is 0. The van der Waals surface area contributed by atoms with E-state index in [1.165, 1.54) is 0 Å². The van der Waals surface area contributed by atoms with Crippen LogP contribution in [0.1, 0.15) is 0 Å². The fourth-order valence-electron chi connectivity index (χ4n) is 0. The van der Waals surface area contributed by atoms with Gasteiger partial charge in [-0.05, 0) is 0 Å². The molecule has 0 aromatic heterocycles. The maximum atomic E-state index is 0. The summed E-state index contributed by atoms with van der Waals surface area (Å²) in [5.41, 5.74) is 0. The second-order valence-electron chi connectivity index (χ2n) is 0. The van der Waals surface area contributed by atoms with Crippen LogP contribution in [0.2, 0.25) is 0 Å².